The Morgan fingerprint density at radius 3 is 2.25 bits per heavy atom. The number of hydrogen-bond acceptors (Lipinski definition) is 3. The molecule has 0 aliphatic carbocycles. The molecule has 16 heavy (non-hydrogen) atoms. The van der Waals surface area contributed by atoms with Crippen LogP contribution in [0.15, 0.2) is 18.2 Å². The van der Waals surface area contributed by atoms with E-state index in [1.165, 1.54) is 16.7 Å². The lowest BCUT2D eigenvalue weighted by molar-refractivity contribution is 1.13. The van der Waals surface area contributed by atoms with Crippen molar-refractivity contribution in [2.24, 2.45) is 0 Å². The van der Waals surface area contributed by atoms with Crippen LogP contribution in [0.2, 0.25) is 0 Å². The van der Waals surface area contributed by atoms with Gasteiger partial charge in [-0.15, -0.1) is 11.3 Å². The van der Waals surface area contributed by atoms with Crippen LogP contribution in [0.4, 0.5) is 5.82 Å². The van der Waals surface area contributed by atoms with Crippen molar-refractivity contribution in [2.75, 3.05) is 5.73 Å². The summed E-state index contributed by atoms with van der Waals surface area (Å²) in [5, 5.41) is 1.10. The van der Waals surface area contributed by atoms with Gasteiger partial charge in [0.25, 0.3) is 0 Å². The topological polar surface area (TPSA) is 38.9 Å². The molecule has 2 nitrogen and oxygen atoms in total. The van der Waals surface area contributed by atoms with Crippen LogP contribution in [0.5, 0.6) is 0 Å². The molecule has 2 rings (SSSR count). The second-order valence-corrected chi connectivity index (χ2v) is 5.51. The van der Waals surface area contributed by atoms with E-state index in [1.54, 1.807) is 11.3 Å². The molecule has 84 valence electrons. The summed E-state index contributed by atoms with van der Waals surface area (Å²) < 4.78 is 0. The molecule has 3 heteroatoms. The summed E-state index contributed by atoms with van der Waals surface area (Å²) in [5.74, 6) is 0.671. The second kappa shape index (κ2) is 4.26. The van der Waals surface area contributed by atoms with Gasteiger partial charge in [-0.25, -0.2) is 4.98 Å². The quantitative estimate of drug-likeness (QED) is 0.863. The lowest BCUT2D eigenvalue weighted by Crippen LogP contribution is -1.91. The van der Waals surface area contributed by atoms with E-state index < -0.39 is 0 Å². The van der Waals surface area contributed by atoms with E-state index in [0.29, 0.717) is 5.82 Å². The van der Waals surface area contributed by atoms with Gasteiger partial charge < -0.3 is 5.73 Å². The van der Waals surface area contributed by atoms with Crippen LogP contribution in [0, 0.1) is 20.8 Å². The molecule has 0 saturated heterocycles. The summed E-state index contributed by atoms with van der Waals surface area (Å²) in [7, 11) is 0. The Hall–Kier alpha value is -1.35. The zero-order valence-corrected chi connectivity index (χ0v) is 10.7. The van der Waals surface area contributed by atoms with E-state index in [4.69, 9.17) is 5.73 Å². The van der Waals surface area contributed by atoms with E-state index in [-0.39, 0.29) is 0 Å². The van der Waals surface area contributed by atoms with Gasteiger partial charge in [0.1, 0.15) is 5.82 Å². The van der Waals surface area contributed by atoms with Crippen molar-refractivity contribution in [1.29, 1.82) is 0 Å². The smallest absolute Gasteiger partial charge is 0.137 e. The fourth-order valence-corrected chi connectivity index (χ4v) is 2.77. The summed E-state index contributed by atoms with van der Waals surface area (Å²) in [6.45, 7) is 6.26. The molecule has 0 amide bonds. The Kier molecular flexibility index (Phi) is 2.97. The van der Waals surface area contributed by atoms with Crippen molar-refractivity contribution in [3.8, 4) is 0 Å². The molecule has 1 heterocycles. The van der Waals surface area contributed by atoms with Gasteiger partial charge in [-0.05, 0) is 26.3 Å². The number of aromatic nitrogens is 1. The Labute approximate surface area is 100 Å². The van der Waals surface area contributed by atoms with Crippen LogP contribution in [0.1, 0.15) is 26.6 Å². The molecule has 0 unspecified atom stereocenters. The predicted molar refractivity (Wildman–Crippen MR) is 70.0 cm³/mol. The third-order valence-corrected chi connectivity index (χ3v) is 3.50. The van der Waals surface area contributed by atoms with Gasteiger partial charge in [-0.2, -0.15) is 0 Å². The van der Waals surface area contributed by atoms with Crippen molar-refractivity contribution in [3.05, 3.63) is 44.8 Å². The zero-order chi connectivity index (χ0) is 11.7. The highest BCUT2D eigenvalue weighted by atomic mass is 32.1. The molecular formula is C13H16N2S. The first-order valence-corrected chi connectivity index (χ1v) is 6.15. The molecule has 0 atom stereocenters. The van der Waals surface area contributed by atoms with Crippen LogP contribution < -0.4 is 5.73 Å². The molecule has 0 aliphatic heterocycles. The molecule has 1 aromatic carbocycles. The summed E-state index contributed by atoms with van der Waals surface area (Å²) in [4.78, 5) is 5.47. The van der Waals surface area contributed by atoms with E-state index in [9.17, 15) is 0 Å². The number of thiazole rings is 1. The normalized spacial score (nSPS) is 10.7. The third-order valence-electron chi connectivity index (χ3n) is 2.51. The highest BCUT2D eigenvalue weighted by Gasteiger charge is 2.05. The minimum absolute atomic E-state index is 0.671. The first kappa shape index (κ1) is 11.1. The number of benzene rings is 1. The molecule has 0 saturated carbocycles. The summed E-state index contributed by atoms with van der Waals surface area (Å²) in [6.07, 6.45) is 0.880. The van der Waals surface area contributed by atoms with E-state index in [2.05, 4.69) is 37.0 Å². The van der Waals surface area contributed by atoms with Gasteiger partial charge in [0.15, 0.2) is 0 Å². The van der Waals surface area contributed by atoms with Gasteiger partial charge in [-0.1, -0.05) is 29.3 Å². The van der Waals surface area contributed by atoms with Crippen molar-refractivity contribution in [3.63, 3.8) is 0 Å². The average Bonchev–Trinajstić information content (AvgIpc) is 2.43. The maximum atomic E-state index is 5.75. The number of aryl methyl sites for hydroxylation is 3. The average molecular weight is 232 g/mol. The van der Waals surface area contributed by atoms with E-state index in [1.807, 2.05) is 6.92 Å². The summed E-state index contributed by atoms with van der Waals surface area (Å²) in [5.41, 5.74) is 9.67. The van der Waals surface area contributed by atoms with E-state index >= 15 is 0 Å². The lowest BCUT2D eigenvalue weighted by Gasteiger charge is -2.02. The van der Waals surface area contributed by atoms with Gasteiger partial charge in [-0.3, -0.25) is 0 Å². The van der Waals surface area contributed by atoms with Gasteiger partial charge in [0.05, 0.1) is 5.01 Å². The largest absolute Gasteiger partial charge is 0.383 e. The predicted octanol–water partition coefficient (Wildman–Crippen LogP) is 3.24. The molecule has 0 spiro atoms. The van der Waals surface area contributed by atoms with Crippen molar-refractivity contribution >= 4 is 17.2 Å². The van der Waals surface area contributed by atoms with Crippen LogP contribution in [0.25, 0.3) is 0 Å². The minimum Gasteiger partial charge on any atom is -0.383 e. The van der Waals surface area contributed by atoms with Gasteiger partial charge >= 0.3 is 0 Å². The first-order valence-electron chi connectivity index (χ1n) is 5.33. The molecule has 0 radical (unpaired) electrons. The number of rotatable bonds is 2. The zero-order valence-electron chi connectivity index (χ0n) is 9.87. The third kappa shape index (κ3) is 2.42. The monoisotopic (exact) mass is 232 g/mol. The Morgan fingerprint density at radius 2 is 1.75 bits per heavy atom. The number of anilines is 1. The second-order valence-electron chi connectivity index (χ2n) is 4.22. The lowest BCUT2D eigenvalue weighted by atomic mass is 10.1. The van der Waals surface area contributed by atoms with Crippen molar-refractivity contribution < 1.29 is 0 Å². The number of nitrogens with zero attached hydrogens (tertiary/aromatic N) is 1. The number of nitrogens with two attached hydrogens (primary N) is 1. The van der Waals surface area contributed by atoms with Gasteiger partial charge in [0.2, 0.25) is 0 Å². The van der Waals surface area contributed by atoms with Crippen LogP contribution in [0.3, 0.4) is 0 Å². The molecule has 0 fully saturated rings. The Bertz CT molecular complexity index is 475. The number of hydrogen-bond donors (Lipinski definition) is 1. The van der Waals surface area contributed by atoms with Crippen LogP contribution >= 0.6 is 11.3 Å². The highest BCUT2D eigenvalue weighted by Crippen LogP contribution is 2.22. The summed E-state index contributed by atoms with van der Waals surface area (Å²) >= 11 is 1.68. The SMILES string of the molecule is Cc1cc(C)cc(Cc2nc(N)c(C)s2)c1. The molecule has 0 aliphatic rings. The fraction of sp³-hybridized carbons (Fsp3) is 0.308. The maximum Gasteiger partial charge on any atom is 0.137 e. The van der Waals surface area contributed by atoms with Crippen molar-refractivity contribution in [1.82, 2.24) is 4.98 Å². The standard InChI is InChI=1S/C13H16N2S/c1-8-4-9(2)6-11(5-8)7-12-15-13(14)10(3)16-12/h4-6H,7,14H2,1-3H3. The first-order chi connectivity index (χ1) is 7.54. The van der Waals surface area contributed by atoms with Crippen molar-refractivity contribution in [2.45, 2.75) is 27.2 Å². The molecular weight excluding hydrogens is 216 g/mol. The number of nitrogen functional groups attached to an aromatic ring is 1. The van der Waals surface area contributed by atoms with Crippen LogP contribution in [-0.4, -0.2) is 4.98 Å². The molecule has 1 aromatic heterocycles. The maximum absolute atomic E-state index is 5.75. The molecule has 2 N–H and O–H groups in total. The Balaban J connectivity index is 2.26. The minimum atomic E-state index is 0.671. The molecule has 2 aromatic rings. The van der Waals surface area contributed by atoms with E-state index in [0.717, 1.165) is 16.3 Å². The van der Waals surface area contributed by atoms with Crippen LogP contribution in [-0.2, 0) is 6.42 Å². The fourth-order valence-electron chi connectivity index (χ4n) is 1.89. The Morgan fingerprint density at radius 1 is 1.12 bits per heavy atom. The molecule has 0 bridgehead atoms. The van der Waals surface area contributed by atoms with Gasteiger partial charge in [0, 0.05) is 11.3 Å². The summed E-state index contributed by atoms with van der Waals surface area (Å²) in [6, 6.07) is 6.60. The highest BCUT2D eigenvalue weighted by molar-refractivity contribution is 7.12.